The molecule has 0 radical (unpaired) electrons. The number of rotatable bonds is 9. The molecular weight excluding hydrogens is 447 g/mol. The van der Waals surface area contributed by atoms with E-state index >= 15 is 0 Å². The van der Waals surface area contributed by atoms with Crippen molar-refractivity contribution in [1.29, 1.82) is 0 Å². The van der Waals surface area contributed by atoms with Gasteiger partial charge in [-0.3, -0.25) is 4.79 Å². The third-order valence-electron chi connectivity index (χ3n) is 5.05. The summed E-state index contributed by atoms with van der Waals surface area (Å²) < 4.78 is 46.6. The Balaban J connectivity index is 2.06. The van der Waals surface area contributed by atoms with Crippen LogP contribution in [0.5, 0.6) is 11.8 Å². The molecule has 0 N–H and O–H groups in total. The summed E-state index contributed by atoms with van der Waals surface area (Å²) in [4.78, 5) is 24.8. The van der Waals surface area contributed by atoms with Crippen LogP contribution in [0.2, 0.25) is 0 Å². The highest BCUT2D eigenvalue weighted by atomic mass is 32.2. The minimum absolute atomic E-state index is 0.00741. The number of benzene rings is 1. The average molecular weight is 475 g/mol. The average Bonchev–Trinajstić information content (AvgIpc) is 2.74. The van der Waals surface area contributed by atoms with Gasteiger partial charge in [0, 0.05) is 24.4 Å². The molecule has 0 spiro atoms. The Morgan fingerprint density at radius 2 is 1.85 bits per heavy atom. The van der Waals surface area contributed by atoms with E-state index in [1.165, 1.54) is 10.6 Å². The number of sulfone groups is 1. The van der Waals surface area contributed by atoms with E-state index in [0.717, 1.165) is 12.8 Å². The van der Waals surface area contributed by atoms with Gasteiger partial charge >= 0.3 is 6.01 Å². The van der Waals surface area contributed by atoms with Crippen molar-refractivity contribution in [2.75, 3.05) is 5.75 Å². The minimum Gasteiger partial charge on any atom is -0.421 e. The van der Waals surface area contributed by atoms with Crippen LogP contribution >= 0.6 is 0 Å². The van der Waals surface area contributed by atoms with Crippen LogP contribution in [0.4, 0.5) is 4.39 Å². The van der Waals surface area contributed by atoms with Crippen molar-refractivity contribution in [3.05, 3.63) is 63.6 Å². The molecule has 0 fully saturated rings. The lowest BCUT2D eigenvalue weighted by Gasteiger charge is -2.12. The van der Waals surface area contributed by atoms with E-state index in [0.29, 0.717) is 23.1 Å². The lowest BCUT2D eigenvalue weighted by Crippen LogP contribution is -2.19. The minimum atomic E-state index is -3.47. The number of aryl methyl sites for hydroxylation is 3. The number of ether oxygens (including phenoxy) is 1. The summed E-state index contributed by atoms with van der Waals surface area (Å²) in [5, 5.41) is 0. The largest absolute Gasteiger partial charge is 0.421 e. The Bertz CT molecular complexity index is 1280. The van der Waals surface area contributed by atoms with E-state index < -0.39 is 21.4 Å². The Kier molecular flexibility index (Phi) is 7.57. The SMILES string of the molecule is CCCCCS(=O)(=O)Cc1nc(Oc2c(C)cccc2F)nc(-c2cc(C)c(=O)n(C)c2)n1. The van der Waals surface area contributed by atoms with E-state index in [4.69, 9.17) is 4.74 Å². The molecule has 0 aliphatic rings. The highest BCUT2D eigenvalue weighted by Gasteiger charge is 2.19. The molecule has 0 bridgehead atoms. The predicted molar refractivity (Wildman–Crippen MR) is 123 cm³/mol. The number of hydrogen-bond donors (Lipinski definition) is 0. The van der Waals surface area contributed by atoms with Crippen molar-refractivity contribution < 1.29 is 17.5 Å². The maximum Gasteiger partial charge on any atom is 0.325 e. The van der Waals surface area contributed by atoms with E-state index in [9.17, 15) is 17.6 Å². The van der Waals surface area contributed by atoms with Crippen LogP contribution in [-0.4, -0.2) is 33.7 Å². The summed E-state index contributed by atoms with van der Waals surface area (Å²) in [7, 11) is -1.88. The van der Waals surface area contributed by atoms with Gasteiger partial charge in [-0.1, -0.05) is 31.9 Å². The fraction of sp³-hybridized carbons (Fsp3) is 0.391. The Labute approximate surface area is 192 Å². The van der Waals surface area contributed by atoms with Gasteiger partial charge in [0.1, 0.15) is 5.75 Å². The second-order valence-electron chi connectivity index (χ2n) is 7.97. The van der Waals surface area contributed by atoms with Crippen molar-refractivity contribution in [2.45, 2.75) is 45.8 Å². The van der Waals surface area contributed by atoms with Crippen molar-refractivity contribution >= 4 is 9.84 Å². The van der Waals surface area contributed by atoms with Crippen LogP contribution in [0.3, 0.4) is 0 Å². The number of pyridine rings is 1. The van der Waals surface area contributed by atoms with Crippen LogP contribution in [0.15, 0.2) is 35.3 Å². The molecule has 0 aliphatic carbocycles. The molecule has 0 saturated carbocycles. The molecule has 0 aliphatic heterocycles. The van der Waals surface area contributed by atoms with Gasteiger partial charge in [0.25, 0.3) is 5.56 Å². The molecule has 3 rings (SSSR count). The molecule has 0 unspecified atom stereocenters. The van der Waals surface area contributed by atoms with E-state index in [2.05, 4.69) is 15.0 Å². The van der Waals surface area contributed by atoms with Crippen LogP contribution < -0.4 is 10.3 Å². The molecule has 2 aromatic heterocycles. The maximum atomic E-state index is 14.3. The van der Waals surface area contributed by atoms with Gasteiger partial charge in [-0.2, -0.15) is 9.97 Å². The Hall–Kier alpha value is -3.14. The first-order valence-electron chi connectivity index (χ1n) is 10.7. The molecule has 176 valence electrons. The van der Waals surface area contributed by atoms with Crippen molar-refractivity contribution in [1.82, 2.24) is 19.5 Å². The van der Waals surface area contributed by atoms with Gasteiger partial charge in [-0.15, -0.1) is 0 Å². The van der Waals surface area contributed by atoms with Gasteiger partial charge in [-0.25, -0.2) is 17.8 Å². The van der Waals surface area contributed by atoms with Gasteiger partial charge in [0.05, 0.1) is 5.75 Å². The van der Waals surface area contributed by atoms with Gasteiger partial charge in [0.2, 0.25) is 0 Å². The first kappa shape index (κ1) is 24.5. The molecule has 0 saturated heterocycles. The van der Waals surface area contributed by atoms with Crippen molar-refractivity contribution in [3.8, 4) is 23.1 Å². The molecule has 2 heterocycles. The van der Waals surface area contributed by atoms with Crippen LogP contribution in [0, 0.1) is 19.7 Å². The molecule has 3 aromatic rings. The van der Waals surface area contributed by atoms with Crippen LogP contribution in [0.1, 0.15) is 43.1 Å². The van der Waals surface area contributed by atoms with Crippen molar-refractivity contribution in [3.63, 3.8) is 0 Å². The Morgan fingerprint density at radius 3 is 2.52 bits per heavy atom. The highest BCUT2D eigenvalue weighted by Crippen LogP contribution is 2.27. The Morgan fingerprint density at radius 1 is 1.09 bits per heavy atom. The number of para-hydroxylation sites is 1. The first-order valence-corrected chi connectivity index (χ1v) is 12.5. The summed E-state index contributed by atoms with van der Waals surface area (Å²) in [5.41, 5.74) is 1.31. The molecule has 8 nitrogen and oxygen atoms in total. The highest BCUT2D eigenvalue weighted by molar-refractivity contribution is 7.90. The zero-order valence-corrected chi connectivity index (χ0v) is 19.9. The van der Waals surface area contributed by atoms with Crippen LogP contribution in [-0.2, 0) is 22.6 Å². The zero-order valence-electron chi connectivity index (χ0n) is 19.1. The number of unbranched alkanes of at least 4 members (excludes halogenated alkanes) is 2. The number of aromatic nitrogens is 4. The smallest absolute Gasteiger partial charge is 0.325 e. The second-order valence-corrected chi connectivity index (χ2v) is 10.2. The monoisotopic (exact) mass is 474 g/mol. The fourth-order valence-electron chi connectivity index (χ4n) is 3.32. The van der Waals surface area contributed by atoms with E-state index in [1.54, 1.807) is 45.3 Å². The normalized spacial score (nSPS) is 11.5. The first-order chi connectivity index (χ1) is 15.6. The lowest BCUT2D eigenvalue weighted by atomic mass is 10.2. The molecule has 1 aromatic carbocycles. The second kappa shape index (κ2) is 10.2. The van der Waals surface area contributed by atoms with E-state index in [-0.39, 0.29) is 34.7 Å². The standard InChI is InChI=1S/C23H27FN4O4S/c1-5-6-7-11-33(30,31)14-19-25-21(17-12-16(3)22(29)28(4)13-17)27-23(26-19)32-20-15(2)9-8-10-18(20)24/h8-10,12-13H,5-7,11,14H2,1-4H3. The maximum absolute atomic E-state index is 14.3. The topological polar surface area (TPSA) is 104 Å². The quantitative estimate of drug-likeness (QED) is 0.433. The summed E-state index contributed by atoms with van der Waals surface area (Å²) in [5.74, 6) is -0.905. The van der Waals surface area contributed by atoms with E-state index in [1.807, 2.05) is 6.92 Å². The number of hydrogen-bond acceptors (Lipinski definition) is 7. The third-order valence-corrected chi connectivity index (χ3v) is 6.66. The third kappa shape index (κ3) is 6.22. The van der Waals surface area contributed by atoms with Gasteiger partial charge in [0.15, 0.2) is 33.1 Å². The summed E-state index contributed by atoms with van der Waals surface area (Å²) in [6.07, 6.45) is 3.80. The lowest BCUT2D eigenvalue weighted by molar-refractivity contribution is 0.405. The molecule has 33 heavy (non-hydrogen) atoms. The fourth-order valence-corrected chi connectivity index (χ4v) is 4.63. The zero-order chi connectivity index (χ0) is 24.2. The number of nitrogens with zero attached hydrogens (tertiary/aromatic N) is 4. The summed E-state index contributed by atoms with van der Waals surface area (Å²) >= 11 is 0. The summed E-state index contributed by atoms with van der Waals surface area (Å²) in [6.45, 7) is 5.33. The molecule has 10 heteroatoms. The number of halogens is 1. The molecule has 0 atom stereocenters. The van der Waals surface area contributed by atoms with Gasteiger partial charge in [-0.05, 0) is 38.0 Å². The molecular formula is C23H27FN4O4S. The van der Waals surface area contributed by atoms with Gasteiger partial charge < -0.3 is 9.30 Å². The van der Waals surface area contributed by atoms with Crippen molar-refractivity contribution in [2.24, 2.45) is 7.05 Å². The van der Waals surface area contributed by atoms with Crippen LogP contribution in [0.25, 0.3) is 11.4 Å². The summed E-state index contributed by atoms with van der Waals surface area (Å²) in [6, 6.07) is 5.86. The predicted octanol–water partition coefficient (Wildman–Crippen LogP) is 3.89. The molecule has 0 amide bonds.